The van der Waals surface area contributed by atoms with Gasteiger partial charge in [0, 0.05) is 44.5 Å². The summed E-state index contributed by atoms with van der Waals surface area (Å²) in [5.74, 6) is 0.333. The predicted octanol–water partition coefficient (Wildman–Crippen LogP) is 4.53. The maximum absolute atomic E-state index is 13.3. The van der Waals surface area contributed by atoms with E-state index in [4.69, 9.17) is 9.15 Å². The summed E-state index contributed by atoms with van der Waals surface area (Å²) in [4.78, 5) is 29.3. The summed E-state index contributed by atoms with van der Waals surface area (Å²) in [7, 11) is 0. The van der Waals surface area contributed by atoms with Gasteiger partial charge in [-0.3, -0.25) is 9.69 Å². The van der Waals surface area contributed by atoms with Gasteiger partial charge in [0.2, 0.25) is 0 Å². The Hall–Kier alpha value is -4.37. The van der Waals surface area contributed by atoms with Gasteiger partial charge in [-0.1, -0.05) is 18.2 Å². The van der Waals surface area contributed by atoms with E-state index in [1.54, 1.807) is 47.4 Å². The van der Waals surface area contributed by atoms with Crippen LogP contribution in [0, 0.1) is 5.82 Å². The van der Waals surface area contributed by atoms with Gasteiger partial charge < -0.3 is 24.5 Å². The van der Waals surface area contributed by atoms with Crippen LogP contribution in [0.2, 0.25) is 0 Å². The molecule has 4 aromatic rings. The summed E-state index contributed by atoms with van der Waals surface area (Å²) in [6, 6.07) is 17.1. The first-order valence-electron chi connectivity index (χ1n) is 12.0. The normalized spacial score (nSPS) is 14.0. The van der Waals surface area contributed by atoms with Crippen molar-refractivity contribution in [3.05, 3.63) is 89.0 Å². The van der Waals surface area contributed by atoms with E-state index in [0.29, 0.717) is 72.9 Å². The smallest absolute Gasteiger partial charge is 0.321 e. The molecule has 2 heterocycles. The minimum Gasteiger partial charge on any atom is -0.508 e. The highest BCUT2D eigenvalue weighted by Gasteiger charge is 2.21. The number of nitrogens with one attached hydrogen (secondary N) is 1. The lowest BCUT2D eigenvalue weighted by molar-refractivity contribution is 0.132. The molecule has 5 rings (SSSR count). The zero-order chi connectivity index (χ0) is 25.8. The van der Waals surface area contributed by atoms with E-state index >= 15 is 0 Å². The van der Waals surface area contributed by atoms with E-state index in [0.717, 1.165) is 0 Å². The van der Waals surface area contributed by atoms with Crippen molar-refractivity contribution in [3.8, 4) is 22.6 Å². The Balaban J connectivity index is 1.12. The second-order valence-electron chi connectivity index (χ2n) is 8.80. The number of fused-ring (bicyclic) bond motifs is 1. The standard InChI is InChI=1S/C28H26FN3O5/c29-20-2-1-3-21(16-20)30-28(35)32-12-10-31(11-13-32)14-15-36-23-8-9-24-26(17-23)37-18-25(27(24)34)19-4-6-22(33)7-5-19/h1-9,16-18,33H,10-15H2,(H,30,35). The number of aromatic hydroxyl groups is 1. The Morgan fingerprint density at radius 2 is 1.81 bits per heavy atom. The minimum absolute atomic E-state index is 0.129. The van der Waals surface area contributed by atoms with Crippen LogP contribution in [-0.4, -0.2) is 60.3 Å². The molecular weight excluding hydrogens is 477 g/mol. The number of carbonyl (C=O) groups is 1. The number of amides is 2. The topological polar surface area (TPSA) is 95.2 Å². The van der Waals surface area contributed by atoms with Gasteiger partial charge in [0.1, 0.15) is 35.8 Å². The largest absolute Gasteiger partial charge is 0.508 e. The molecule has 0 spiro atoms. The molecule has 1 aliphatic rings. The van der Waals surface area contributed by atoms with Crippen LogP contribution in [0.3, 0.4) is 0 Å². The Kier molecular flexibility index (Phi) is 7.04. The van der Waals surface area contributed by atoms with Crippen LogP contribution < -0.4 is 15.5 Å². The van der Waals surface area contributed by atoms with Crippen molar-refractivity contribution < 1.29 is 23.4 Å². The van der Waals surface area contributed by atoms with Crippen LogP contribution in [0.25, 0.3) is 22.1 Å². The summed E-state index contributed by atoms with van der Waals surface area (Å²) in [6.45, 7) is 3.65. The predicted molar refractivity (Wildman–Crippen MR) is 139 cm³/mol. The highest BCUT2D eigenvalue weighted by molar-refractivity contribution is 5.89. The maximum atomic E-state index is 13.3. The molecule has 1 saturated heterocycles. The molecule has 0 bridgehead atoms. The maximum Gasteiger partial charge on any atom is 0.321 e. The molecule has 1 aliphatic heterocycles. The second-order valence-corrected chi connectivity index (χ2v) is 8.80. The number of urea groups is 1. The van der Waals surface area contributed by atoms with E-state index in [1.807, 2.05) is 0 Å². The van der Waals surface area contributed by atoms with E-state index < -0.39 is 5.82 Å². The molecule has 0 radical (unpaired) electrons. The van der Waals surface area contributed by atoms with Crippen LogP contribution in [0.1, 0.15) is 0 Å². The fraction of sp³-hybridized carbons (Fsp3) is 0.214. The van der Waals surface area contributed by atoms with Crippen LogP contribution >= 0.6 is 0 Å². The zero-order valence-electron chi connectivity index (χ0n) is 20.0. The third kappa shape index (κ3) is 5.73. The Bertz CT molecular complexity index is 1460. The number of piperazine rings is 1. The van der Waals surface area contributed by atoms with Crippen LogP contribution in [0.15, 0.2) is 82.2 Å². The summed E-state index contributed by atoms with van der Waals surface area (Å²) >= 11 is 0. The second kappa shape index (κ2) is 10.7. The van der Waals surface area contributed by atoms with E-state index in [1.165, 1.54) is 30.5 Å². The molecular formula is C28H26FN3O5. The number of ether oxygens (including phenoxy) is 1. The van der Waals surface area contributed by atoms with Gasteiger partial charge in [-0.2, -0.15) is 0 Å². The van der Waals surface area contributed by atoms with Gasteiger partial charge in [-0.05, 0) is 48.0 Å². The highest BCUT2D eigenvalue weighted by atomic mass is 19.1. The summed E-state index contributed by atoms with van der Waals surface area (Å²) in [5, 5.41) is 12.7. The number of hydrogen-bond donors (Lipinski definition) is 2. The SMILES string of the molecule is O=C(Nc1cccc(F)c1)N1CCN(CCOc2ccc3c(=O)c(-c4ccc(O)cc4)coc3c2)CC1. The molecule has 190 valence electrons. The average Bonchev–Trinajstić information content (AvgIpc) is 2.90. The highest BCUT2D eigenvalue weighted by Crippen LogP contribution is 2.24. The van der Waals surface area contributed by atoms with Crippen molar-refractivity contribution in [2.75, 3.05) is 44.6 Å². The number of carbonyl (C=O) groups excluding carboxylic acids is 1. The molecule has 0 saturated carbocycles. The number of phenolic OH excluding ortho intramolecular Hbond substituents is 1. The lowest BCUT2D eigenvalue weighted by Gasteiger charge is -2.34. The van der Waals surface area contributed by atoms with Crippen molar-refractivity contribution in [2.45, 2.75) is 0 Å². The van der Waals surface area contributed by atoms with Crippen molar-refractivity contribution in [3.63, 3.8) is 0 Å². The Morgan fingerprint density at radius 1 is 1.03 bits per heavy atom. The van der Waals surface area contributed by atoms with E-state index in [2.05, 4.69) is 10.2 Å². The van der Waals surface area contributed by atoms with E-state index in [9.17, 15) is 19.1 Å². The molecule has 0 unspecified atom stereocenters. The number of halogens is 1. The lowest BCUT2D eigenvalue weighted by Crippen LogP contribution is -2.50. The summed E-state index contributed by atoms with van der Waals surface area (Å²) < 4.78 is 24.9. The van der Waals surface area contributed by atoms with Gasteiger partial charge in [0.25, 0.3) is 0 Å². The molecule has 9 heteroatoms. The first-order valence-corrected chi connectivity index (χ1v) is 12.0. The number of hydrogen-bond acceptors (Lipinski definition) is 6. The van der Waals surface area contributed by atoms with Gasteiger partial charge in [0.15, 0.2) is 5.43 Å². The average molecular weight is 504 g/mol. The monoisotopic (exact) mass is 503 g/mol. The third-order valence-corrected chi connectivity index (χ3v) is 6.34. The Morgan fingerprint density at radius 3 is 2.57 bits per heavy atom. The van der Waals surface area contributed by atoms with Crippen molar-refractivity contribution in [2.24, 2.45) is 0 Å². The first-order chi connectivity index (χ1) is 18.0. The van der Waals surface area contributed by atoms with Crippen molar-refractivity contribution >= 4 is 22.7 Å². The summed E-state index contributed by atoms with van der Waals surface area (Å²) in [6.07, 6.45) is 1.42. The summed E-state index contributed by atoms with van der Waals surface area (Å²) in [5.41, 5.74) is 1.80. The number of nitrogens with zero attached hydrogens (tertiary/aromatic N) is 2. The van der Waals surface area contributed by atoms with Crippen molar-refractivity contribution in [1.29, 1.82) is 0 Å². The number of phenols is 1. The van der Waals surface area contributed by atoms with Crippen molar-refractivity contribution in [1.82, 2.24) is 9.80 Å². The van der Waals surface area contributed by atoms with E-state index in [-0.39, 0.29) is 17.2 Å². The number of anilines is 1. The van der Waals surface area contributed by atoms with Gasteiger partial charge in [-0.25, -0.2) is 9.18 Å². The molecule has 3 aromatic carbocycles. The molecule has 37 heavy (non-hydrogen) atoms. The zero-order valence-corrected chi connectivity index (χ0v) is 20.0. The Labute approximate surface area is 212 Å². The quantitative estimate of drug-likeness (QED) is 0.401. The molecule has 2 N–H and O–H groups in total. The fourth-order valence-corrected chi connectivity index (χ4v) is 4.27. The lowest BCUT2D eigenvalue weighted by atomic mass is 10.1. The first kappa shape index (κ1) is 24.3. The van der Waals surface area contributed by atoms with Gasteiger partial charge >= 0.3 is 6.03 Å². The van der Waals surface area contributed by atoms with Crippen LogP contribution in [0.4, 0.5) is 14.9 Å². The van der Waals surface area contributed by atoms with Crippen LogP contribution in [0.5, 0.6) is 11.5 Å². The molecule has 1 aromatic heterocycles. The molecule has 2 amide bonds. The molecule has 8 nitrogen and oxygen atoms in total. The number of rotatable bonds is 6. The minimum atomic E-state index is -0.394. The van der Waals surface area contributed by atoms with Crippen LogP contribution in [-0.2, 0) is 0 Å². The molecule has 0 aliphatic carbocycles. The molecule has 0 atom stereocenters. The van der Waals surface area contributed by atoms with Gasteiger partial charge in [0.05, 0.1) is 10.9 Å². The molecule has 1 fully saturated rings. The number of benzene rings is 3. The third-order valence-electron chi connectivity index (χ3n) is 6.34. The fourth-order valence-electron chi connectivity index (χ4n) is 4.27. The van der Waals surface area contributed by atoms with Gasteiger partial charge in [-0.15, -0.1) is 0 Å².